The first-order chi connectivity index (χ1) is 12.8. The normalized spacial score (nSPS) is 10.8. The van der Waals surface area contributed by atoms with Crippen molar-refractivity contribution in [1.29, 1.82) is 0 Å². The standard InChI is InChI=1S/C21H27N3O3/c1-5-27-18-11-7-10-17(13-18)23-19(25)14-22-15-8-6-9-16(12-15)24-20(26)21(2,3)4/h6-13,22H,5,14H2,1-4H3,(H,23,25)(H,24,26). The van der Waals surface area contributed by atoms with Crippen LogP contribution in [-0.2, 0) is 9.59 Å². The summed E-state index contributed by atoms with van der Waals surface area (Å²) in [6.45, 7) is 8.16. The molecule has 0 fully saturated rings. The van der Waals surface area contributed by atoms with Crippen molar-refractivity contribution >= 4 is 28.9 Å². The number of carbonyl (C=O) groups excluding carboxylic acids is 2. The fraction of sp³-hybridized carbons (Fsp3) is 0.333. The molecule has 0 bridgehead atoms. The summed E-state index contributed by atoms with van der Waals surface area (Å²) in [7, 11) is 0. The van der Waals surface area contributed by atoms with Crippen molar-refractivity contribution in [1.82, 2.24) is 0 Å². The topological polar surface area (TPSA) is 79.5 Å². The van der Waals surface area contributed by atoms with E-state index < -0.39 is 5.41 Å². The number of anilines is 3. The molecule has 0 spiro atoms. The maximum atomic E-state index is 12.2. The van der Waals surface area contributed by atoms with Crippen LogP contribution in [0.1, 0.15) is 27.7 Å². The van der Waals surface area contributed by atoms with Crippen LogP contribution in [0.4, 0.5) is 17.1 Å². The quantitative estimate of drug-likeness (QED) is 0.686. The Hall–Kier alpha value is -3.02. The van der Waals surface area contributed by atoms with Gasteiger partial charge in [0.2, 0.25) is 11.8 Å². The molecule has 2 aromatic rings. The summed E-state index contributed by atoms with van der Waals surface area (Å²) in [5.41, 5.74) is 1.64. The molecule has 0 heterocycles. The second kappa shape index (κ2) is 9.07. The Balaban J connectivity index is 1.90. The molecule has 0 aliphatic heterocycles. The zero-order valence-corrected chi connectivity index (χ0v) is 16.3. The molecule has 6 nitrogen and oxygen atoms in total. The second-order valence-corrected chi connectivity index (χ2v) is 7.15. The van der Waals surface area contributed by atoms with Crippen molar-refractivity contribution in [2.75, 3.05) is 29.1 Å². The number of hydrogen-bond acceptors (Lipinski definition) is 4. The van der Waals surface area contributed by atoms with Gasteiger partial charge >= 0.3 is 0 Å². The third kappa shape index (κ3) is 6.66. The minimum Gasteiger partial charge on any atom is -0.494 e. The van der Waals surface area contributed by atoms with Crippen LogP contribution in [0.3, 0.4) is 0 Å². The van der Waals surface area contributed by atoms with E-state index in [0.29, 0.717) is 23.7 Å². The largest absolute Gasteiger partial charge is 0.494 e. The Labute approximate surface area is 160 Å². The Kier molecular flexibility index (Phi) is 6.82. The lowest BCUT2D eigenvalue weighted by atomic mass is 9.95. The smallest absolute Gasteiger partial charge is 0.243 e. The Morgan fingerprint density at radius 1 is 0.926 bits per heavy atom. The molecular weight excluding hydrogens is 342 g/mol. The molecule has 27 heavy (non-hydrogen) atoms. The van der Waals surface area contributed by atoms with E-state index in [1.807, 2.05) is 64.1 Å². The van der Waals surface area contributed by atoms with Crippen molar-refractivity contribution < 1.29 is 14.3 Å². The van der Waals surface area contributed by atoms with Crippen LogP contribution in [0.5, 0.6) is 5.75 Å². The molecule has 144 valence electrons. The van der Waals surface area contributed by atoms with E-state index >= 15 is 0 Å². The summed E-state index contributed by atoms with van der Waals surface area (Å²) >= 11 is 0. The second-order valence-electron chi connectivity index (χ2n) is 7.15. The van der Waals surface area contributed by atoms with Gasteiger partial charge in [-0.2, -0.15) is 0 Å². The van der Waals surface area contributed by atoms with E-state index in [4.69, 9.17) is 4.74 Å². The van der Waals surface area contributed by atoms with Crippen LogP contribution in [0.2, 0.25) is 0 Å². The monoisotopic (exact) mass is 369 g/mol. The minimum absolute atomic E-state index is 0.0634. The number of benzene rings is 2. The fourth-order valence-electron chi connectivity index (χ4n) is 2.24. The number of rotatable bonds is 7. The fourth-order valence-corrected chi connectivity index (χ4v) is 2.24. The summed E-state index contributed by atoms with van der Waals surface area (Å²) in [5, 5.41) is 8.76. The van der Waals surface area contributed by atoms with Crippen molar-refractivity contribution in [3.63, 3.8) is 0 Å². The first-order valence-electron chi connectivity index (χ1n) is 8.96. The lowest BCUT2D eigenvalue weighted by Crippen LogP contribution is -2.27. The van der Waals surface area contributed by atoms with Gasteiger partial charge in [-0.1, -0.05) is 32.9 Å². The number of hydrogen-bond donors (Lipinski definition) is 3. The zero-order valence-electron chi connectivity index (χ0n) is 16.3. The third-order valence-electron chi connectivity index (χ3n) is 3.68. The Morgan fingerprint density at radius 3 is 2.22 bits per heavy atom. The first kappa shape index (κ1) is 20.3. The molecule has 6 heteroatoms. The molecule has 0 unspecified atom stereocenters. The van der Waals surface area contributed by atoms with Crippen LogP contribution in [0.15, 0.2) is 48.5 Å². The van der Waals surface area contributed by atoms with Gasteiger partial charge < -0.3 is 20.7 Å². The molecule has 0 radical (unpaired) electrons. The van der Waals surface area contributed by atoms with Gasteiger partial charge in [0.1, 0.15) is 5.75 Å². The predicted octanol–water partition coefficient (Wildman–Crippen LogP) is 4.12. The van der Waals surface area contributed by atoms with Crippen LogP contribution >= 0.6 is 0 Å². The van der Waals surface area contributed by atoms with Crippen LogP contribution < -0.4 is 20.7 Å². The molecule has 0 atom stereocenters. The van der Waals surface area contributed by atoms with E-state index in [0.717, 1.165) is 5.69 Å². The molecular formula is C21H27N3O3. The van der Waals surface area contributed by atoms with Gasteiger partial charge in [-0.15, -0.1) is 0 Å². The lowest BCUT2D eigenvalue weighted by molar-refractivity contribution is -0.123. The summed E-state index contributed by atoms with van der Waals surface area (Å²) in [6, 6.07) is 14.5. The Bertz CT molecular complexity index is 797. The molecule has 0 aliphatic carbocycles. The Morgan fingerprint density at radius 2 is 1.56 bits per heavy atom. The number of ether oxygens (including phenoxy) is 1. The van der Waals surface area contributed by atoms with Crippen LogP contribution in [0, 0.1) is 5.41 Å². The first-order valence-corrected chi connectivity index (χ1v) is 8.96. The van der Waals surface area contributed by atoms with Gasteiger partial charge in [0.15, 0.2) is 0 Å². The van der Waals surface area contributed by atoms with Crippen LogP contribution in [0.25, 0.3) is 0 Å². The summed E-state index contributed by atoms with van der Waals surface area (Å²) in [5.74, 6) is 0.477. The van der Waals surface area contributed by atoms with Crippen molar-refractivity contribution in [2.24, 2.45) is 5.41 Å². The van der Waals surface area contributed by atoms with E-state index in [9.17, 15) is 9.59 Å². The van der Waals surface area contributed by atoms with Crippen molar-refractivity contribution in [3.05, 3.63) is 48.5 Å². The molecule has 3 N–H and O–H groups in total. The van der Waals surface area contributed by atoms with E-state index in [2.05, 4.69) is 16.0 Å². The summed E-state index contributed by atoms with van der Waals surface area (Å²) in [4.78, 5) is 24.2. The molecule has 2 aromatic carbocycles. The highest BCUT2D eigenvalue weighted by Crippen LogP contribution is 2.20. The van der Waals surface area contributed by atoms with Crippen LogP contribution in [-0.4, -0.2) is 25.0 Å². The number of carbonyl (C=O) groups is 2. The summed E-state index contributed by atoms with van der Waals surface area (Å²) in [6.07, 6.45) is 0. The van der Waals surface area contributed by atoms with Crippen molar-refractivity contribution in [3.8, 4) is 5.75 Å². The van der Waals surface area contributed by atoms with Gasteiger partial charge in [0.05, 0.1) is 13.2 Å². The summed E-state index contributed by atoms with van der Waals surface area (Å²) < 4.78 is 5.42. The average molecular weight is 369 g/mol. The highest BCUT2D eigenvalue weighted by Gasteiger charge is 2.21. The average Bonchev–Trinajstić information content (AvgIpc) is 2.60. The lowest BCUT2D eigenvalue weighted by Gasteiger charge is -2.18. The molecule has 0 aromatic heterocycles. The maximum Gasteiger partial charge on any atom is 0.243 e. The molecule has 2 amide bonds. The zero-order chi connectivity index (χ0) is 19.9. The molecule has 0 saturated heterocycles. The van der Waals surface area contributed by atoms with E-state index in [1.165, 1.54) is 0 Å². The van der Waals surface area contributed by atoms with E-state index in [-0.39, 0.29) is 18.4 Å². The van der Waals surface area contributed by atoms with Gasteiger partial charge in [0.25, 0.3) is 0 Å². The molecule has 2 rings (SSSR count). The molecule has 0 aliphatic rings. The number of nitrogens with one attached hydrogen (secondary N) is 3. The van der Waals surface area contributed by atoms with E-state index in [1.54, 1.807) is 12.1 Å². The van der Waals surface area contributed by atoms with Crippen molar-refractivity contribution in [2.45, 2.75) is 27.7 Å². The maximum absolute atomic E-state index is 12.2. The third-order valence-corrected chi connectivity index (χ3v) is 3.68. The van der Waals surface area contributed by atoms with Gasteiger partial charge in [-0.3, -0.25) is 9.59 Å². The number of amides is 2. The highest BCUT2D eigenvalue weighted by atomic mass is 16.5. The minimum atomic E-state index is -0.473. The predicted molar refractivity (Wildman–Crippen MR) is 109 cm³/mol. The van der Waals surface area contributed by atoms with Gasteiger partial charge in [-0.05, 0) is 37.3 Å². The molecule has 0 saturated carbocycles. The van der Waals surface area contributed by atoms with Gasteiger partial charge in [0, 0.05) is 28.5 Å². The SMILES string of the molecule is CCOc1cccc(NC(=O)CNc2cccc(NC(=O)C(C)(C)C)c2)c1. The van der Waals surface area contributed by atoms with Gasteiger partial charge in [-0.25, -0.2) is 0 Å². The highest BCUT2D eigenvalue weighted by molar-refractivity contribution is 5.95.